The Hall–Kier alpha value is -1.81. The number of hydrogen-bond acceptors (Lipinski definition) is 2. The molecule has 1 amide bonds. The van der Waals surface area contributed by atoms with E-state index in [4.69, 9.17) is 0 Å². The Balaban J connectivity index is 1.83. The van der Waals surface area contributed by atoms with Crippen LogP contribution in [0.1, 0.15) is 28.0 Å². The van der Waals surface area contributed by atoms with Crippen molar-refractivity contribution in [1.29, 1.82) is 0 Å². The average molecular weight is 299 g/mol. The second-order valence-electron chi connectivity index (χ2n) is 6.63. The molecule has 0 saturated carbocycles. The third-order valence-corrected chi connectivity index (χ3v) is 4.92. The first kappa shape index (κ1) is 15.1. The lowest BCUT2D eigenvalue weighted by atomic mass is 10.1. The molecule has 1 saturated heterocycles. The molecule has 2 heterocycles. The van der Waals surface area contributed by atoms with Crippen LogP contribution in [0.5, 0.6) is 0 Å². The van der Waals surface area contributed by atoms with Crippen molar-refractivity contribution in [3.8, 4) is 0 Å². The number of amides is 1. The third kappa shape index (κ3) is 2.52. The lowest BCUT2D eigenvalue weighted by Gasteiger charge is -2.13. The predicted octanol–water partition coefficient (Wildman–Crippen LogP) is 2.48. The van der Waals surface area contributed by atoms with Gasteiger partial charge in [-0.1, -0.05) is 18.2 Å². The molecule has 1 aromatic heterocycles. The van der Waals surface area contributed by atoms with Gasteiger partial charge in [-0.2, -0.15) is 0 Å². The molecule has 0 spiro atoms. The summed E-state index contributed by atoms with van der Waals surface area (Å²) in [5, 5.41) is 4.31. The van der Waals surface area contributed by atoms with Gasteiger partial charge < -0.3 is 14.8 Å². The van der Waals surface area contributed by atoms with Crippen LogP contribution < -0.4 is 5.32 Å². The van der Waals surface area contributed by atoms with E-state index in [0.717, 1.165) is 36.4 Å². The zero-order chi connectivity index (χ0) is 15.9. The van der Waals surface area contributed by atoms with Gasteiger partial charge in [0.1, 0.15) is 5.69 Å². The first-order valence-corrected chi connectivity index (χ1v) is 8.00. The van der Waals surface area contributed by atoms with Crippen molar-refractivity contribution in [2.75, 3.05) is 26.7 Å². The summed E-state index contributed by atoms with van der Waals surface area (Å²) in [6.07, 6.45) is 1.17. The number of nitrogens with one attached hydrogen (secondary N) is 1. The predicted molar refractivity (Wildman–Crippen MR) is 90.3 cm³/mol. The van der Waals surface area contributed by atoms with Crippen LogP contribution in [-0.4, -0.2) is 42.1 Å². The van der Waals surface area contributed by atoms with E-state index in [0.29, 0.717) is 5.92 Å². The minimum absolute atomic E-state index is 0.0464. The smallest absolute Gasteiger partial charge is 0.268 e. The lowest BCUT2D eigenvalue weighted by Crippen LogP contribution is -2.32. The standard InChI is InChI=1S/C18H25N3O/c1-12-6-5-7-15-13(2)17(21(4)16(12)15)18(22)19-10-14-8-9-20(3)11-14/h5-7,14H,8-11H2,1-4H3,(H,19,22)/t14-/m1/s1. The molecule has 1 fully saturated rings. The number of aromatic nitrogens is 1. The van der Waals surface area contributed by atoms with Crippen LogP contribution >= 0.6 is 0 Å². The van der Waals surface area contributed by atoms with Crippen LogP contribution in [0.15, 0.2) is 18.2 Å². The molecule has 1 aliphatic rings. The van der Waals surface area contributed by atoms with Crippen LogP contribution in [0.4, 0.5) is 0 Å². The monoisotopic (exact) mass is 299 g/mol. The van der Waals surface area contributed by atoms with E-state index in [1.54, 1.807) is 0 Å². The summed E-state index contributed by atoms with van der Waals surface area (Å²) in [5.41, 5.74) is 4.23. The summed E-state index contributed by atoms with van der Waals surface area (Å²) in [5.74, 6) is 0.621. The van der Waals surface area contributed by atoms with E-state index < -0.39 is 0 Å². The maximum absolute atomic E-state index is 12.7. The molecule has 3 rings (SSSR count). The Kier molecular flexibility index (Phi) is 3.96. The van der Waals surface area contributed by atoms with Crippen molar-refractivity contribution >= 4 is 16.8 Å². The Bertz CT molecular complexity index is 717. The van der Waals surface area contributed by atoms with Gasteiger partial charge in [0.25, 0.3) is 5.91 Å². The summed E-state index contributed by atoms with van der Waals surface area (Å²) >= 11 is 0. The number of fused-ring (bicyclic) bond motifs is 1. The molecule has 1 N–H and O–H groups in total. The number of hydrogen-bond donors (Lipinski definition) is 1. The molecule has 22 heavy (non-hydrogen) atoms. The molecule has 4 nitrogen and oxygen atoms in total. The number of likely N-dealkylation sites (tertiary alicyclic amines) is 1. The maximum Gasteiger partial charge on any atom is 0.268 e. The minimum atomic E-state index is 0.0464. The van der Waals surface area contributed by atoms with Crippen molar-refractivity contribution < 1.29 is 4.79 Å². The second-order valence-corrected chi connectivity index (χ2v) is 6.63. The summed E-state index contributed by atoms with van der Waals surface area (Å²) in [7, 11) is 4.12. The minimum Gasteiger partial charge on any atom is -0.350 e. The fourth-order valence-electron chi connectivity index (χ4n) is 3.73. The molecule has 1 aliphatic heterocycles. The van der Waals surface area contributed by atoms with Crippen molar-refractivity contribution in [2.24, 2.45) is 13.0 Å². The Morgan fingerprint density at radius 3 is 2.73 bits per heavy atom. The van der Waals surface area contributed by atoms with Gasteiger partial charge in [0.05, 0.1) is 5.52 Å². The topological polar surface area (TPSA) is 37.3 Å². The van der Waals surface area contributed by atoms with Crippen molar-refractivity contribution in [1.82, 2.24) is 14.8 Å². The van der Waals surface area contributed by atoms with Gasteiger partial charge in [-0.25, -0.2) is 0 Å². The van der Waals surface area contributed by atoms with Crippen LogP contribution in [0.3, 0.4) is 0 Å². The Morgan fingerprint density at radius 1 is 1.32 bits per heavy atom. The number of aryl methyl sites for hydroxylation is 3. The van der Waals surface area contributed by atoms with Crippen LogP contribution in [0, 0.1) is 19.8 Å². The van der Waals surface area contributed by atoms with Gasteiger partial charge in [-0.05, 0) is 50.9 Å². The first-order valence-electron chi connectivity index (χ1n) is 8.00. The molecule has 118 valence electrons. The Labute approximate surface area is 132 Å². The Morgan fingerprint density at radius 2 is 2.09 bits per heavy atom. The zero-order valence-corrected chi connectivity index (χ0v) is 13.9. The van der Waals surface area contributed by atoms with Crippen LogP contribution in [-0.2, 0) is 7.05 Å². The first-order chi connectivity index (χ1) is 10.5. The van der Waals surface area contributed by atoms with Crippen molar-refractivity contribution in [3.63, 3.8) is 0 Å². The van der Waals surface area contributed by atoms with Crippen LogP contribution in [0.25, 0.3) is 10.9 Å². The summed E-state index contributed by atoms with van der Waals surface area (Å²) in [4.78, 5) is 15.0. The quantitative estimate of drug-likeness (QED) is 0.945. The highest BCUT2D eigenvalue weighted by atomic mass is 16.1. The number of carbonyl (C=O) groups excluding carboxylic acids is 1. The SMILES string of the molecule is Cc1c(C(=O)NC[C@H]2CCN(C)C2)n(C)c2c(C)cccc12. The van der Waals surface area contributed by atoms with Crippen LogP contribution in [0.2, 0.25) is 0 Å². The summed E-state index contributed by atoms with van der Waals surface area (Å²) in [6, 6.07) is 6.25. The van der Waals surface area contributed by atoms with Gasteiger partial charge in [-0.3, -0.25) is 4.79 Å². The van der Waals surface area contributed by atoms with E-state index in [2.05, 4.69) is 42.4 Å². The number of nitrogens with zero attached hydrogens (tertiary/aromatic N) is 2. The highest BCUT2D eigenvalue weighted by Gasteiger charge is 2.22. The van der Waals surface area contributed by atoms with Gasteiger partial charge in [0.2, 0.25) is 0 Å². The van der Waals surface area contributed by atoms with Gasteiger partial charge >= 0.3 is 0 Å². The molecule has 0 radical (unpaired) electrons. The highest BCUT2D eigenvalue weighted by molar-refractivity contribution is 6.02. The fourth-order valence-corrected chi connectivity index (χ4v) is 3.73. The molecular formula is C18H25N3O. The molecule has 1 aromatic carbocycles. The van der Waals surface area contributed by atoms with Crippen molar-refractivity contribution in [3.05, 3.63) is 35.0 Å². The summed E-state index contributed by atoms with van der Waals surface area (Å²) < 4.78 is 2.04. The van der Waals surface area contributed by atoms with Gasteiger partial charge in [0, 0.05) is 25.5 Å². The molecule has 4 heteroatoms. The van der Waals surface area contributed by atoms with E-state index in [1.165, 1.54) is 17.4 Å². The van der Waals surface area contributed by atoms with E-state index in [1.807, 2.05) is 18.5 Å². The molecule has 0 bridgehead atoms. The number of para-hydroxylation sites is 1. The van der Waals surface area contributed by atoms with Gasteiger partial charge in [-0.15, -0.1) is 0 Å². The maximum atomic E-state index is 12.7. The molecule has 0 aliphatic carbocycles. The zero-order valence-electron chi connectivity index (χ0n) is 13.9. The normalized spacial score (nSPS) is 19.0. The van der Waals surface area contributed by atoms with E-state index in [-0.39, 0.29) is 5.91 Å². The molecular weight excluding hydrogens is 274 g/mol. The highest BCUT2D eigenvalue weighted by Crippen LogP contribution is 2.27. The third-order valence-electron chi connectivity index (χ3n) is 4.92. The largest absolute Gasteiger partial charge is 0.350 e. The fraction of sp³-hybridized carbons (Fsp3) is 0.500. The molecule has 2 aromatic rings. The van der Waals surface area contributed by atoms with E-state index in [9.17, 15) is 4.79 Å². The van der Waals surface area contributed by atoms with Crippen molar-refractivity contribution in [2.45, 2.75) is 20.3 Å². The number of benzene rings is 1. The average Bonchev–Trinajstić information content (AvgIpc) is 3.00. The second kappa shape index (κ2) is 5.76. The number of carbonyl (C=O) groups is 1. The van der Waals surface area contributed by atoms with Gasteiger partial charge in [0.15, 0.2) is 0 Å². The van der Waals surface area contributed by atoms with E-state index >= 15 is 0 Å². The molecule has 1 atom stereocenters. The molecule has 0 unspecified atom stereocenters. The lowest BCUT2D eigenvalue weighted by molar-refractivity contribution is 0.0939. The number of rotatable bonds is 3. The summed E-state index contributed by atoms with van der Waals surface area (Å²) in [6.45, 7) is 7.11.